The molecule has 1 amide bonds. The van der Waals surface area contributed by atoms with Crippen molar-refractivity contribution in [1.29, 1.82) is 0 Å². The molecular formula is C20H29N5O7S. The van der Waals surface area contributed by atoms with Gasteiger partial charge in [0.1, 0.15) is 10.6 Å². The summed E-state index contributed by atoms with van der Waals surface area (Å²) < 4.78 is 40.3. The summed E-state index contributed by atoms with van der Waals surface area (Å²) in [6.07, 6.45) is 0. The van der Waals surface area contributed by atoms with Gasteiger partial charge in [0, 0.05) is 37.4 Å². The van der Waals surface area contributed by atoms with Crippen molar-refractivity contribution in [1.82, 2.24) is 19.8 Å². The van der Waals surface area contributed by atoms with E-state index >= 15 is 0 Å². The van der Waals surface area contributed by atoms with Gasteiger partial charge in [-0.1, -0.05) is 0 Å². The van der Waals surface area contributed by atoms with Gasteiger partial charge in [0.15, 0.2) is 5.69 Å². The molecule has 0 radical (unpaired) electrons. The number of sulfonamides is 1. The molecule has 0 saturated heterocycles. The van der Waals surface area contributed by atoms with Crippen LogP contribution in [0.5, 0.6) is 11.6 Å². The van der Waals surface area contributed by atoms with E-state index in [4.69, 9.17) is 9.47 Å². The van der Waals surface area contributed by atoms with Crippen LogP contribution in [0.1, 0.15) is 49.8 Å². The largest absolute Gasteiger partial charge is 0.438 e. The van der Waals surface area contributed by atoms with E-state index in [-0.39, 0.29) is 42.6 Å². The highest BCUT2D eigenvalue weighted by Gasteiger charge is 2.28. The van der Waals surface area contributed by atoms with Crippen molar-refractivity contribution in [3.05, 3.63) is 39.6 Å². The molecule has 0 unspecified atom stereocenters. The zero-order valence-corrected chi connectivity index (χ0v) is 20.2. The molecule has 1 heterocycles. The lowest BCUT2D eigenvalue weighted by molar-refractivity contribution is -0.385. The molecule has 12 nitrogen and oxygen atoms in total. The van der Waals surface area contributed by atoms with Crippen LogP contribution in [-0.2, 0) is 14.8 Å². The summed E-state index contributed by atoms with van der Waals surface area (Å²) in [6, 6.07) is 2.92. The number of methoxy groups -OCH3 is 1. The van der Waals surface area contributed by atoms with E-state index in [1.807, 2.05) is 27.7 Å². The lowest BCUT2D eigenvalue weighted by Crippen LogP contribution is -2.31. The number of nitro groups is 1. The van der Waals surface area contributed by atoms with Crippen molar-refractivity contribution in [2.75, 3.05) is 20.3 Å². The molecule has 0 saturated carbocycles. The first-order valence-electron chi connectivity index (χ1n) is 10.2. The van der Waals surface area contributed by atoms with Crippen LogP contribution in [0.25, 0.3) is 0 Å². The number of nitrogens with zero attached hydrogens (tertiary/aromatic N) is 3. The van der Waals surface area contributed by atoms with Gasteiger partial charge in [-0.2, -0.15) is 5.10 Å². The fraction of sp³-hybridized carbons (Fsp3) is 0.500. The number of carbonyl (C=O) groups is 1. The van der Waals surface area contributed by atoms with Crippen LogP contribution in [0.4, 0.5) is 5.69 Å². The molecule has 1 aromatic carbocycles. The van der Waals surface area contributed by atoms with E-state index in [2.05, 4.69) is 15.1 Å². The molecule has 0 aliphatic carbocycles. The average Bonchev–Trinajstić information content (AvgIpc) is 3.04. The maximum Gasteiger partial charge on any atom is 0.272 e. The Hall–Kier alpha value is -3.03. The van der Waals surface area contributed by atoms with Crippen molar-refractivity contribution in [2.24, 2.45) is 0 Å². The summed E-state index contributed by atoms with van der Waals surface area (Å²) in [6.45, 7) is 8.98. The molecule has 0 bridgehead atoms. The summed E-state index contributed by atoms with van der Waals surface area (Å²) in [5, 5.41) is 18.4. The Morgan fingerprint density at radius 2 is 1.94 bits per heavy atom. The van der Waals surface area contributed by atoms with Gasteiger partial charge in [-0.25, -0.2) is 17.8 Å². The lowest BCUT2D eigenvalue weighted by atomic mass is 10.2. The predicted molar refractivity (Wildman–Crippen MR) is 120 cm³/mol. The minimum absolute atomic E-state index is 0.0383. The van der Waals surface area contributed by atoms with E-state index in [0.29, 0.717) is 5.56 Å². The van der Waals surface area contributed by atoms with Gasteiger partial charge >= 0.3 is 0 Å². The third-order valence-electron chi connectivity index (χ3n) is 4.45. The van der Waals surface area contributed by atoms with Crippen molar-refractivity contribution < 1.29 is 27.6 Å². The highest BCUT2D eigenvalue weighted by Crippen LogP contribution is 2.35. The minimum Gasteiger partial charge on any atom is -0.438 e. The molecule has 33 heavy (non-hydrogen) atoms. The van der Waals surface area contributed by atoms with Gasteiger partial charge in [0.05, 0.1) is 17.6 Å². The monoisotopic (exact) mass is 483 g/mol. The molecule has 0 fully saturated rings. The van der Waals surface area contributed by atoms with Crippen LogP contribution in [-0.4, -0.2) is 55.3 Å². The van der Waals surface area contributed by atoms with Crippen molar-refractivity contribution >= 4 is 21.6 Å². The molecule has 182 valence electrons. The zero-order valence-electron chi connectivity index (χ0n) is 19.4. The number of hydrogen-bond acceptors (Lipinski definition) is 8. The summed E-state index contributed by atoms with van der Waals surface area (Å²) in [4.78, 5) is 22.7. The Kier molecular flexibility index (Phi) is 8.52. The normalized spacial score (nSPS) is 11.8. The number of aromatic nitrogens is 2. The lowest BCUT2D eigenvalue weighted by Gasteiger charge is -2.15. The Morgan fingerprint density at radius 3 is 2.48 bits per heavy atom. The quantitative estimate of drug-likeness (QED) is 0.281. The maximum atomic E-state index is 12.9. The first-order valence-corrected chi connectivity index (χ1v) is 11.7. The number of carbonyl (C=O) groups excluding carboxylic acids is 1. The van der Waals surface area contributed by atoms with Crippen LogP contribution in [0, 0.1) is 17.0 Å². The van der Waals surface area contributed by atoms with Crippen LogP contribution in [0.2, 0.25) is 0 Å². The Bertz CT molecular complexity index is 1130. The number of rotatable bonds is 11. The number of ether oxygens (including phenoxy) is 2. The standard InChI is InChI=1S/C20H29N5O7S/c1-12(2)22-19(26)18-14(5)20(24(23-18)13(3)4)32-16-8-7-15(25(27)28)11-17(16)33(29,30)21-9-10-31-6/h7-8,11-13,21H,9-10H2,1-6H3,(H,22,26). The topological polar surface area (TPSA) is 155 Å². The van der Waals surface area contributed by atoms with E-state index in [1.54, 1.807) is 6.92 Å². The summed E-state index contributed by atoms with van der Waals surface area (Å²) in [5.41, 5.74) is 0.119. The van der Waals surface area contributed by atoms with E-state index < -0.39 is 31.4 Å². The third kappa shape index (κ3) is 6.27. The van der Waals surface area contributed by atoms with Gasteiger partial charge in [-0.15, -0.1) is 0 Å². The van der Waals surface area contributed by atoms with Gasteiger partial charge in [-0.3, -0.25) is 14.9 Å². The number of nitro benzene ring substituents is 1. The second kappa shape index (κ2) is 10.7. The molecular weight excluding hydrogens is 454 g/mol. The van der Waals surface area contributed by atoms with Crippen molar-refractivity contribution in [2.45, 2.75) is 51.6 Å². The first-order chi connectivity index (χ1) is 15.4. The SMILES string of the molecule is COCCNS(=O)(=O)c1cc([N+](=O)[O-])ccc1Oc1c(C)c(C(=O)NC(C)C)nn1C(C)C. The second-order valence-electron chi connectivity index (χ2n) is 7.83. The maximum absolute atomic E-state index is 12.9. The van der Waals surface area contributed by atoms with Crippen molar-refractivity contribution in [3.8, 4) is 11.6 Å². The van der Waals surface area contributed by atoms with E-state index in [1.165, 1.54) is 17.9 Å². The molecule has 0 atom stereocenters. The highest BCUT2D eigenvalue weighted by molar-refractivity contribution is 7.89. The fourth-order valence-electron chi connectivity index (χ4n) is 2.89. The smallest absolute Gasteiger partial charge is 0.272 e. The summed E-state index contributed by atoms with van der Waals surface area (Å²) in [5.74, 6) is -0.392. The molecule has 1 aromatic heterocycles. The summed E-state index contributed by atoms with van der Waals surface area (Å²) >= 11 is 0. The number of non-ortho nitro benzene ring substituents is 1. The van der Waals surface area contributed by atoms with Crippen LogP contribution in [0.15, 0.2) is 23.1 Å². The van der Waals surface area contributed by atoms with Crippen LogP contribution in [0.3, 0.4) is 0 Å². The molecule has 0 spiro atoms. The van der Waals surface area contributed by atoms with Gasteiger partial charge in [-0.05, 0) is 40.7 Å². The van der Waals surface area contributed by atoms with Gasteiger partial charge in [0.2, 0.25) is 15.9 Å². The molecule has 13 heteroatoms. The molecule has 0 aliphatic rings. The molecule has 0 aliphatic heterocycles. The Balaban J connectivity index is 2.59. The molecule has 2 N–H and O–H groups in total. The van der Waals surface area contributed by atoms with Crippen LogP contribution >= 0.6 is 0 Å². The molecule has 2 rings (SSSR count). The average molecular weight is 484 g/mol. The third-order valence-corrected chi connectivity index (χ3v) is 5.93. The predicted octanol–water partition coefficient (Wildman–Crippen LogP) is 2.54. The fourth-order valence-corrected chi connectivity index (χ4v) is 4.04. The Labute approximate surface area is 192 Å². The second-order valence-corrected chi connectivity index (χ2v) is 9.56. The Morgan fingerprint density at radius 1 is 1.27 bits per heavy atom. The highest BCUT2D eigenvalue weighted by atomic mass is 32.2. The minimum atomic E-state index is -4.18. The van der Waals surface area contributed by atoms with E-state index in [0.717, 1.165) is 12.1 Å². The number of hydrogen-bond donors (Lipinski definition) is 2. The van der Waals surface area contributed by atoms with Crippen LogP contribution < -0.4 is 14.8 Å². The van der Waals surface area contributed by atoms with E-state index in [9.17, 15) is 23.3 Å². The van der Waals surface area contributed by atoms with Crippen molar-refractivity contribution in [3.63, 3.8) is 0 Å². The summed E-state index contributed by atoms with van der Waals surface area (Å²) in [7, 11) is -2.76. The number of amides is 1. The van der Waals surface area contributed by atoms with Gasteiger partial charge in [0.25, 0.3) is 11.6 Å². The zero-order chi connectivity index (χ0) is 24.9. The van der Waals surface area contributed by atoms with Gasteiger partial charge < -0.3 is 14.8 Å². The molecule has 2 aromatic rings. The number of nitrogens with one attached hydrogen (secondary N) is 2. The first kappa shape index (κ1) is 26.2. The number of benzene rings is 1.